The van der Waals surface area contributed by atoms with E-state index in [0.717, 1.165) is 12.8 Å². The van der Waals surface area contributed by atoms with E-state index in [1.54, 1.807) is 6.92 Å². The Morgan fingerprint density at radius 2 is 2.04 bits per heavy atom. The Morgan fingerprint density at radius 1 is 1.31 bits per heavy atom. The molecule has 1 saturated carbocycles. The molecule has 1 saturated heterocycles. The third-order valence-corrected chi connectivity index (χ3v) is 7.34. The zero-order chi connectivity index (χ0) is 18.9. The fourth-order valence-corrected chi connectivity index (χ4v) is 5.69. The minimum absolute atomic E-state index is 0.0386. The van der Waals surface area contributed by atoms with Crippen molar-refractivity contribution in [3.05, 3.63) is 28.2 Å². The van der Waals surface area contributed by atoms with E-state index >= 15 is 0 Å². The van der Waals surface area contributed by atoms with Crippen molar-refractivity contribution in [2.75, 3.05) is 13.2 Å². The van der Waals surface area contributed by atoms with Crippen LogP contribution in [-0.4, -0.2) is 49.8 Å². The summed E-state index contributed by atoms with van der Waals surface area (Å²) in [4.78, 5) is 24.2. The monoisotopic (exact) mass is 444 g/mol. The second-order valence-corrected chi connectivity index (χ2v) is 9.14. The summed E-state index contributed by atoms with van der Waals surface area (Å²) in [5.41, 5.74) is 0.266. The van der Waals surface area contributed by atoms with Crippen LogP contribution in [0.5, 0.6) is 0 Å². The molecule has 9 heteroatoms. The average Bonchev–Trinajstić information content (AvgIpc) is 3.25. The van der Waals surface area contributed by atoms with Crippen LogP contribution in [0.15, 0.2) is 27.6 Å². The largest absolute Gasteiger partial charge is 0.462 e. The summed E-state index contributed by atoms with van der Waals surface area (Å²) in [6.07, 6.45) is 3.05. The molecule has 0 spiro atoms. The van der Waals surface area contributed by atoms with E-state index in [1.807, 2.05) is 0 Å². The van der Waals surface area contributed by atoms with Gasteiger partial charge >= 0.3 is 5.97 Å². The molecule has 0 unspecified atom stereocenters. The first-order valence-electron chi connectivity index (χ1n) is 8.63. The summed E-state index contributed by atoms with van der Waals surface area (Å²) in [5, 5.41) is 2.88. The molecule has 0 radical (unpaired) electrons. The number of hydrogen-bond acceptors (Lipinski definition) is 5. The summed E-state index contributed by atoms with van der Waals surface area (Å²) in [5.74, 6) is -0.743. The van der Waals surface area contributed by atoms with Gasteiger partial charge in [-0.05, 0) is 66.7 Å². The highest BCUT2D eigenvalue weighted by atomic mass is 79.9. The SMILES string of the molecule is CCOC(=O)c1ccc(S(=O)(=O)N2CCC[C@H]2C(=O)NC2CC2)c(Br)c1. The van der Waals surface area contributed by atoms with Gasteiger partial charge in [0.15, 0.2) is 0 Å². The molecule has 1 aromatic rings. The van der Waals surface area contributed by atoms with E-state index in [-0.39, 0.29) is 33.5 Å². The molecule has 1 aliphatic carbocycles. The van der Waals surface area contributed by atoms with Gasteiger partial charge in [0.2, 0.25) is 15.9 Å². The van der Waals surface area contributed by atoms with Crippen LogP contribution in [0.25, 0.3) is 0 Å². The maximum Gasteiger partial charge on any atom is 0.338 e. The number of halogens is 1. The number of carbonyl (C=O) groups excluding carboxylic acids is 2. The first kappa shape index (κ1) is 19.3. The minimum Gasteiger partial charge on any atom is -0.462 e. The number of benzene rings is 1. The first-order chi connectivity index (χ1) is 12.3. The predicted molar refractivity (Wildman–Crippen MR) is 98.2 cm³/mol. The third kappa shape index (κ3) is 3.94. The molecule has 1 aromatic carbocycles. The number of amides is 1. The van der Waals surface area contributed by atoms with Crippen molar-refractivity contribution in [3.8, 4) is 0 Å². The Hall–Kier alpha value is -1.45. The highest BCUT2D eigenvalue weighted by molar-refractivity contribution is 9.10. The van der Waals surface area contributed by atoms with Crippen molar-refractivity contribution in [3.63, 3.8) is 0 Å². The summed E-state index contributed by atoms with van der Waals surface area (Å²) < 4.78 is 32.6. The lowest BCUT2D eigenvalue weighted by Crippen LogP contribution is -2.46. The molecule has 2 fully saturated rings. The van der Waals surface area contributed by atoms with Crippen molar-refractivity contribution in [2.45, 2.75) is 49.6 Å². The van der Waals surface area contributed by atoms with E-state index in [9.17, 15) is 18.0 Å². The van der Waals surface area contributed by atoms with E-state index in [2.05, 4.69) is 21.2 Å². The molecule has 7 nitrogen and oxygen atoms in total. The zero-order valence-electron chi connectivity index (χ0n) is 14.4. The van der Waals surface area contributed by atoms with Crippen molar-refractivity contribution in [1.82, 2.24) is 9.62 Å². The van der Waals surface area contributed by atoms with Crippen LogP contribution in [-0.2, 0) is 19.6 Å². The molecule has 0 aromatic heterocycles. The number of nitrogens with zero attached hydrogens (tertiary/aromatic N) is 1. The van der Waals surface area contributed by atoms with Gasteiger partial charge in [-0.3, -0.25) is 4.79 Å². The highest BCUT2D eigenvalue weighted by Crippen LogP contribution is 2.32. The van der Waals surface area contributed by atoms with Crippen LogP contribution in [0.1, 0.15) is 43.0 Å². The minimum atomic E-state index is -3.86. The summed E-state index contributed by atoms with van der Waals surface area (Å²) in [6.45, 7) is 2.24. The van der Waals surface area contributed by atoms with Crippen molar-refractivity contribution < 1.29 is 22.7 Å². The molecule has 26 heavy (non-hydrogen) atoms. The van der Waals surface area contributed by atoms with E-state index < -0.39 is 22.0 Å². The quantitative estimate of drug-likeness (QED) is 0.677. The predicted octanol–water partition coefficient (Wildman–Crippen LogP) is 2.06. The van der Waals surface area contributed by atoms with Gasteiger partial charge in [0.1, 0.15) is 6.04 Å². The highest BCUT2D eigenvalue weighted by Gasteiger charge is 2.41. The van der Waals surface area contributed by atoms with E-state index in [0.29, 0.717) is 19.4 Å². The lowest BCUT2D eigenvalue weighted by molar-refractivity contribution is -0.124. The molecule has 3 rings (SSSR count). The Bertz CT molecular complexity index is 822. The number of rotatable bonds is 6. The summed E-state index contributed by atoms with van der Waals surface area (Å²) in [7, 11) is -3.86. The van der Waals surface area contributed by atoms with Crippen molar-refractivity contribution >= 4 is 37.8 Å². The Labute approximate surface area is 161 Å². The average molecular weight is 445 g/mol. The lowest BCUT2D eigenvalue weighted by Gasteiger charge is -2.24. The van der Waals surface area contributed by atoms with Crippen LogP contribution in [0.4, 0.5) is 0 Å². The lowest BCUT2D eigenvalue weighted by atomic mass is 10.2. The first-order valence-corrected chi connectivity index (χ1v) is 10.9. The van der Waals surface area contributed by atoms with Crippen molar-refractivity contribution in [2.24, 2.45) is 0 Å². The number of hydrogen-bond donors (Lipinski definition) is 1. The van der Waals surface area contributed by atoms with Gasteiger partial charge in [-0.2, -0.15) is 4.31 Å². The van der Waals surface area contributed by atoms with Gasteiger partial charge in [-0.1, -0.05) is 0 Å². The number of esters is 1. The molecule has 2 aliphatic rings. The second kappa shape index (κ2) is 7.66. The smallest absolute Gasteiger partial charge is 0.338 e. The van der Waals surface area contributed by atoms with E-state index in [1.165, 1.54) is 22.5 Å². The van der Waals surface area contributed by atoms with E-state index in [4.69, 9.17) is 4.74 Å². The molecule has 1 amide bonds. The maximum absolute atomic E-state index is 13.1. The van der Waals surface area contributed by atoms with Crippen LogP contribution >= 0.6 is 15.9 Å². The van der Waals surface area contributed by atoms with Gasteiger partial charge in [0.25, 0.3) is 0 Å². The van der Waals surface area contributed by atoms with Crippen LogP contribution in [0, 0.1) is 0 Å². The molecular weight excluding hydrogens is 424 g/mol. The summed E-state index contributed by atoms with van der Waals surface area (Å²) >= 11 is 3.24. The fourth-order valence-electron chi connectivity index (χ4n) is 2.99. The van der Waals surface area contributed by atoms with Gasteiger partial charge in [-0.25, -0.2) is 13.2 Å². The molecule has 1 N–H and O–H groups in total. The van der Waals surface area contributed by atoms with Crippen LogP contribution in [0.2, 0.25) is 0 Å². The van der Waals surface area contributed by atoms with Gasteiger partial charge in [0.05, 0.1) is 17.1 Å². The number of sulfonamides is 1. The maximum atomic E-state index is 13.1. The number of ether oxygens (including phenoxy) is 1. The molecule has 1 aliphatic heterocycles. The standard InChI is InChI=1S/C17H21BrN2O5S/c1-2-25-17(22)11-5-8-15(13(18)10-11)26(23,24)20-9-3-4-14(20)16(21)19-12-6-7-12/h5,8,10,12,14H,2-4,6-7,9H2,1H3,(H,19,21)/t14-/m0/s1. The zero-order valence-corrected chi connectivity index (χ0v) is 16.8. The van der Waals surface area contributed by atoms with Crippen LogP contribution in [0.3, 0.4) is 0 Å². The molecule has 1 atom stereocenters. The topological polar surface area (TPSA) is 92.8 Å². The fraction of sp³-hybridized carbons (Fsp3) is 0.529. The molecular formula is C17H21BrN2O5S. The summed E-state index contributed by atoms with van der Waals surface area (Å²) in [6, 6.07) is 3.73. The van der Waals surface area contributed by atoms with Crippen molar-refractivity contribution in [1.29, 1.82) is 0 Å². The van der Waals surface area contributed by atoms with Gasteiger partial charge < -0.3 is 10.1 Å². The second-order valence-electron chi connectivity index (χ2n) is 6.42. The van der Waals surface area contributed by atoms with Crippen LogP contribution < -0.4 is 5.32 Å². The van der Waals surface area contributed by atoms with Gasteiger partial charge in [-0.15, -0.1) is 0 Å². The number of nitrogens with one attached hydrogen (secondary N) is 1. The normalized spacial score (nSPS) is 20.8. The molecule has 0 bridgehead atoms. The molecule has 142 valence electrons. The third-order valence-electron chi connectivity index (χ3n) is 4.46. The Morgan fingerprint density at radius 3 is 2.65 bits per heavy atom. The Kier molecular flexibility index (Phi) is 5.69. The number of carbonyl (C=O) groups is 2. The Balaban J connectivity index is 1.84. The van der Waals surface area contributed by atoms with Gasteiger partial charge in [0, 0.05) is 17.1 Å². The molecule has 1 heterocycles.